The molecule has 5 heteroatoms. The van der Waals surface area contributed by atoms with Gasteiger partial charge >= 0.3 is 0 Å². The van der Waals surface area contributed by atoms with Gasteiger partial charge in [0, 0.05) is 16.9 Å². The van der Waals surface area contributed by atoms with Crippen LogP contribution in [0.2, 0.25) is 0 Å². The van der Waals surface area contributed by atoms with Crippen molar-refractivity contribution in [1.29, 1.82) is 0 Å². The zero-order valence-electron chi connectivity index (χ0n) is 15.9. The Balaban J connectivity index is 1.52. The monoisotopic (exact) mass is 374 g/mol. The summed E-state index contributed by atoms with van der Waals surface area (Å²) < 4.78 is 5.53. The molecule has 0 aromatic heterocycles. The quantitative estimate of drug-likeness (QED) is 0.664. The molecule has 0 fully saturated rings. The third-order valence-corrected chi connectivity index (χ3v) is 4.19. The van der Waals surface area contributed by atoms with Gasteiger partial charge in [0.05, 0.1) is 0 Å². The summed E-state index contributed by atoms with van der Waals surface area (Å²) in [6.07, 6.45) is 0. The molecule has 0 saturated heterocycles. The van der Waals surface area contributed by atoms with E-state index in [-0.39, 0.29) is 18.4 Å². The fraction of sp³-hybridized carbons (Fsp3) is 0.130. The van der Waals surface area contributed by atoms with E-state index in [0.717, 1.165) is 16.8 Å². The van der Waals surface area contributed by atoms with Crippen molar-refractivity contribution < 1.29 is 14.3 Å². The molecule has 0 aliphatic heterocycles. The average Bonchev–Trinajstić information content (AvgIpc) is 2.71. The molecule has 0 heterocycles. The second kappa shape index (κ2) is 8.86. The Morgan fingerprint density at radius 2 is 1.57 bits per heavy atom. The van der Waals surface area contributed by atoms with Crippen molar-refractivity contribution in [3.8, 4) is 5.75 Å². The molecular weight excluding hydrogens is 352 g/mol. The highest BCUT2D eigenvalue weighted by atomic mass is 16.5. The molecule has 0 saturated carbocycles. The minimum atomic E-state index is -0.227. The first-order valence-corrected chi connectivity index (χ1v) is 8.97. The minimum absolute atomic E-state index is 0.0941. The van der Waals surface area contributed by atoms with E-state index in [2.05, 4.69) is 10.6 Å². The molecule has 3 aromatic carbocycles. The van der Waals surface area contributed by atoms with Crippen molar-refractivity contribution in [2.75, 3.05) is 17.2 Å². The van der Waals surface area contributed by atoms with Gasteiger partial charge in [0.25, 0.3) is 11.8 Å². The Bertz CT molecular complexity index is 967. The first kappa shape index (κ1) is 19.2. The first-order valence-electron chi connectivity index (χ1n) is 8.97. The molecule has 0 spiro atoms. The number of rotatable bonds is 6. The standard InChI is InChI=1S/C23H22N2O3/c1-16-8-9-17(2)21(14-16)25-22(26)15-28-20-12-10-19(11-13-20)24-23(27)18-6-4-3-5-7-18/h3-14H,15H2,1-2H3,(H,24,27)(H,25,26). The zero-order chi connectivity index (χ0) is 19.9. The number of carbonyl (C=O) groups is 2. The van der Waals surface area contributed by atoms with Crippen LogP contribution in [-0.4, -0.2) is 18.4 Å². The van der Waals surface area contributed by atoms with Crippen LogP contribution in [0.4, 0.5) is 11.4 Å². The van der Waals surface area contributed by atoms with Crippen molar-refractivity contribution in [2.24, 2.45) is 0 Å². The van der Waals surface area contributed by atoms with Crippen LogP contribution in [0.1, 0.15) is 21.5 Å². The molecule has 0 unspecified atom stereocenters. The highest BCUT2D eigenvalue weighted by Crippen LogP contribution is 2.18. The van der Waals surface area contributed by atoms with Crippen molar-refractivity contribution >= 4 is 23.2 Å². The molecule has 3 rings (SSSR count). The number of nitrogens with one attached hydrogen (secondary N) is 2. The van der Waals surface area contributed by atoms with Crippen LogP contribution >= 0.6 is 0 Å². The van der Waals surface area contributed by atoms with Gasteiger partial charge in [-0.15, -0.1) is 0 Å². The number of hydrogen-bond acceptors (Lipinski definition) is 3. The number of carbonyl (C=O) groups excluding carboxylic acids is 2. The van der Waals surface area contributed by atoms with Crippen molar-refractivity contribution in [2.45, 2.75) is 13.8 Å². The zero-order valence-corrected chi connectivity index (χ0v) is 15.9. The van der Waals surface area contributed by atoms with E-state index in [1.54, 1.807) is 36.4 Å². The Labute approximate surface area is 164 Å². The maximum absolute atomic E-state index is 12.1. The molecule has 0 radical (unpaired) electrons. The number of amides is 2. The summed E-state index contributed by atoms with van der Waals surface area (Å²) in [4.78, 5) is 24.3. The molecule has 142 valence electrons. The Hall–Kier alpha value is -3.60. The van der Waals surface area contributed by atoms with E-state index >= 15 is 0 Å². The Morgan fingerprint density at radius 3 is 2.29 bits per heavy atom. The Morgan fingerprint density at radius 1 is 0.857 bits per heavy atom. The summed E-state index contributed by atoms with van der Waals surface area (Å²) in [6.45, 7) is 3.82. The van der Waals surface area contributed by atoms with Gasteiger partial charge in [0.2, 0.25) is 0 Å². The van der Waals surface area contributed by atoms with Crippen LogP contribution in [0.25, 0.3) is 0 Å². The molecule has 2 N–H and O–H groups in total. The molecule has 0 bridgehead atoms. The summed E-state index contributed by atoms with van der Waals surface area (Å²) in [5, 5.41) is 5.68. The summed E-state index contributed by atoms with van der Waals surface area (Å²) in [7, 11) is 0. The van der Waals surface area contributed by atoms with Crippen LogP contribution in [0, 0.1) is 13.8 Å². The lowest BCUT2D eigenvalue weighted by Gasteiger charge is -2.11. The van der Waals surface area contributed by atoms with E-state index in [9.17, 15) is 9.59 Å². The average molecular weight is 374 g/mol. The number of aryl methyl sites for hydroxylation is 2. The van der Waals surface area contributed by atoms with Crippen LogP contribution < -0.4 is 15.4 Å². The summed E-state index contributed by atoms with van der Waals surface area (Å²) in [5.74, 6) is 0.145. The maximum atomic E-state index is 12.1. The molecule has 28 heavy (non-hydrogen) atoms. The van der Waals surface area contributed by atoms with Gasteiger partial charge in [-0.25, -0.2) is 0 Å². The van der Waals surface area contributed by atoms with Gasteiger partial charge in [-0.3, -0.25) is 9.59 Å². The lowest BCUT2D eigenvalue weighted by molar-refractivity contribution is -0.118. The third kappa shape index (κ3) is 5.20. The van der Waals surface area contributed by atoms with E-state index in [1.807, 2.05) is 50.2 Å². The van der Waals surface area contributed by atoms with Gasteiger partial charge in [-0.05, 0) is 67.4 Å². The number of anilines is 2. The smallest absolute Gasteiger partial charge is 0.262 e. The van der Waals surface area contributed by atoms with Gasteiger partial charge in [-0.1, -0.05) is 30.3 Å². The number of hydrogen-bond donors (Lipinski definition) is 2. The van der Waals surface area contributed by atoms with Crippen LogP contribution in [-0.2, 0) is 4.79 Å². The molecule has 0 atom stereocenters. The van der Waals surface area contributed by atoms with Gasteiger partial charge in [0.15, 0.2) is 6.61 Å². The lowest BCUT2D eigenvalue weighted by Crippen LogP contribution is -2.20. The van der Waals surface area contributed by atoms with Gasteiger partial charge in [-0.2, -0.15) is 0 Å². The number of ether oxygens (including phenoxy) is 1. The first-order chi connectivity index (χ1) is 13.5. The van der Waals surface area contributed by atoms with E-state index < -0.39 is 0 Å². The second-order valence-corrected chi connectivity index (χ2v) is 6.50. The molecule has 3 aromatic rings. The highest BCUT2D eigenvalue weighted by molar-refractivity contribution is 6.04. The van der Waals surface area contributed by atoms with Crippen molar-refractivity contribution in [1.82, 2.24) is 0 Å². The predicted molar refractivity (Wildman–Crippen MR) is 111 cm³/mol. The molecule has 2 amide bonds. The molecule has 5 nitrogen and oxygen atoms in total. The van der Waals surface area contributed by atoms with Crippen molar-refractivity contribution in [3.05, 3.63) is 89.5 Å². The van der Waals surface area contributed by atoms with Crippen LogP contribution in [0.5, 0.6) is 5.75 Å². The molecule has 0 aliphatic rings. The molecule has 0 aliphatic carbocycles. The molecular formula is C23H22N2O3. The van der Waals surface area contributed by atoms with E-state index in [1.165, 1.54) is 0 Å². The number of benzene rings is 3. The highest BCUT2D eigenvalue weighted by Gasteiger charge is 2.08. The van der Waals surface area contributed by atoms with Crippen molar-refractivity contribution in [3.63, 3.8) is 0 Å². The van der Waals surface area contributed by atoms with Crippen LogP contribution in [0.3, 0.4) is 0 Å². The van der Waals surface area contributed by atoms with Gasteiger partial charge < -0.3 is 15.4 Å². The lowest BCUT2D eigenvalue weighted by atomic mass is 10.1. The fourth-order valence-corrected chi connectivity index (χ4v) is 2.63. The summed E-state index contributed by atoms with van der Waals surface area (Å²) in [5.41, 5.74) is 4.10. The topological polar surface area (TPSA) is 67.4 Å². The van der Waals surface area contributed by atoms with Crippen LogP contribution in [0.15, 0.2) is 72.8 Å². The fourth-order valence-electron chi connectivity index (χ4n) is 2.63. The predicted octanol–water partition coefficient (Wildman–Crippen LogP) is 4.57. The SMILES string of the molecule is Cc1ccc(C)c(NC(=O)COc2ccc(NC(=O)c3ccccc3)cc2)c1. The summed E-state index contributed by atoms with van der Waals surface area (Å²) in [6, 6.07) is 21.8. The largest absolute Gasteiger partial charge is 0.484 e. The van der Waals surface area contributed by atoms with Gasteiger partial charge in [0.1, 0.15) is 5.75 Å². The second-order valence-electron chi connectivity index (χ2n) is 6.50. The van der Waals surface area contributed by atoms with E-state index in [0.29, 0.717) is 17.0 Å². The maximum Gasteiger partial charge on any atom is 0.262 e. The third-order valence-electron chi connectivity index (χ3n) is 4.19. The Kier molecular flexibility index (Phi) is 6.07. The minimum Gasteiger partial charge on any atom is -0.484 e. The summed E-state index contributed by atoms with van der Waals surface area (Å²) >= 11 is 0. The normalized spacial score (nSPS) is 10.2. The van der Waals surface area contributed by atoms with E-state index in [4.69, 9.17) is 4.74 Å².